The van der Waals surface area contributed by atoms with Crippen molar-refractivity contribution in [2.75, 3.05) is 0 Å². The van der Waals surface area contributed by atoms with Crippen molar-refractivity contribution in [1.82, 2.24) is 4.57 Å². The lowest BCUT2D eigenvalue weighted by atomic mass is 9.94. The predicted octanol–water partition coefficient (Wildman–Crippen LogP) is 13.6. The number of fused-ring (bicyclic) bond motifs is 14. The zero-order valence-corrected chi connectivity index (χ0v) is 27.2. The van der Waals surface area contributed by atoms with Gasteiger partial charge < -0.3 is 13.4 Å². The first-order valence-corrected chi connectivity index (χ1v) is 17.1. The molecule has 0 aliphatic rings. The van der Waals surface area contributed by atoms with Crippen LogP contribution in [0.1, 0.15) is 0 Å². The number of benzene rings is 8. The Kier molecular flexibility index (Phi) is 5.70. The van der Waals surface area contributed by atoms with E-state index in [1.165, 1.54) is 0 Å². The molecule has 0 atom stereocenters. The van der Waals surface area contributed by atoms with Crippen molar-refractivity contribution in [3.05, 3.63) is 169 Å². The number of hydrogen-bond donors (Lipinski definition) is 0. The van der Waals surface area contributed by atoms with E-state index in [0.717, 1.165) is 104 Å². The predicted molar refractivity (Wildman–Crippen MR) is 210 cm³/mol. The van der Waals surface area contributed by atoms with Crippen LogP contribution < -0.4 is 0 Å². The number of furan rings is 2. The van der Waals surface area contributed by atoms with E-state index in [0.29, 0.717) is 5.69 Å². The summed E-state index contributed by atoms with van der Waals surface area (Å²) in [5.41, 5.74) is 10.9. The Morgan fingerprint density at radius 3 is 1.69 bits per heavy atom. The zero-order chi connectivity index (χ0) is 33.6. The van der Waals surface area contributed by atoms with Gasteiger partial charge in [-0.25, -0.2) is 4.85 Å². The third kappa shape index (κ3) is 3.83. The van der Waals surface area contributed by atoms with Gasteiger partial charge in [0.15, 0.2) is 0 Å². The van der Waals surface area contributed by atoms with Crippen LogP contribution in [0.4, 0.5) is 5.69 Å². The molecule has 0 radical (unpaired) electrons. The fourth-order valence-electron chi connectivity index (χ4n) is 8.28. The van der Waals surface area contributed by atoms with Gasteiger partial charge in [0, 0.05) is 43.4 Å². The molecule has 4 heteroatoms. The van der Waals surface area contributed by atoms with Crippen LogP contribution >= 0.6 is 0 Å². The highest BCUT2D eigenvalue weighted by Gasteiger charge is 2.26. The number of hydrogen-bond acceptors (Lipinski definition) is 2. The Bertz CT molecular complexity index is 3190. The molecule has 236 valence electrons. The number of rotatable bonds is 3. The van der Waals surface area contributed by atoms with Gasteiger partial charge >= 0.3 is 0 Å². The van der Waals surface area contributed by atoms with Gasteiger partial charge in [-0.2, -0.15) is 0 Å². The molecule has 0 aliphatic carbocycles. The van der Waals surface area contributed by atoms with Crippen molar-refractivity contribution < 1.29 is 8.83 Å². The second-order valence-electron chi connectivity index (χ2n) is 13.1. The van der Waals surface area contributed by atoms with Gasteiger partial charge in [-0.15, -0.1) is 0 Å². The van der Waals surface area contributed by atoms with E-state index in [4.69, 9.17) is 15.4 Å². The molecule has 3 aromatic heterocycles. The molecule has 0 bridgehead atoms. The first kappa shape index (κ1) is 27.8. The van der Waals surface area contributed by atoms with Crippen LogP contribution in [0.3, 0.4) is 0 Å². The molecule has 0 saturated heterocycles. The summed E-state index contributed by atoms with van der Waals surface area (Å²) in [5.74, 6) is 0. The summed E-state index contributed by atoms with van der Waals surface area (Å²) in [5, 5.41) is 8.71. The minimum Gasteiger partial charge on any atom is -0.456 e. The first-order chi connectivity index (χ1) is 25.3. The van der Waals surface area contributed by atoms with Crippen molar-refractivity contribution in [2.24, 2.45) is 0 Å². The highest BCUT2D eigenvalue weighted by atomic mass is 16.3. The summed E-state index contributed by atoms with van der Waals surface area (Å²) < 4.78 is 15.8. The van der Waals surface area contributed by atoms with Crippen LogP contribution in [0.2, 0.25) is 0 Å². The van der Waals surface area contributed by atoms with E-state index < -0.39 is 0 Å². The average Bonchev–Trinajstić information content (AvgIpc) is 3.88. The number of aromatic nitrogens is 1. The second-order valence-corrected chi connectivity index (χ2v) is 13.1. The molecule has 51 heavy (non-hydrogen) atoms. The van der Waals surface area contributed by atoms with Crippen LogP contribution in [0.25, 0.3) is 109 Å². The first-order valence-electron chi connectivity index (χ1n) is 17.1. The summed E-state index contributed by atoms with van der Waals surface area (Å²) in [6.45, 7) is 8.41. The molecule has 11 aromatic rings. The van der Waals surface area contributed by atoms with Gasteiger partial charge in [-0.05, 0) is 64.7 Å². The third-order valence-corrected chi connectivity index (χ3v) is 10.4. The number of para-hydroxylation sites is 3. The van der Waals surface area contributed by atoms with Crippen LogP contribution in [-0.2, 0) is 0 Å². The van der Waals surface area contributed by atoms with E-state index >= 15 is 0 Å². The van der Waals surface area contributed by atoms with Crippen molar-refractivity contribution >= 4 is 82.1 Å². The fraction of sp³-hybridized carbons (Fsp3) is 0. The highest BCUT2D eigenvalue weighted by molar-refractivity contribution is 6.40. The summed E-state index contributed by atoms with van der Waals surface area (Å²) in [7, 11) is 0. The summed E-state index contributed by atoms with van der Waals surface area (Å²) >= 11 is 0. The Hall–Kier alpha value is -7.09. The molecule has 0 unspecified atom stereocenters. The van der Waals surface area contributed by atoms with Crippen LogP contribution in [0.15, 0.2) is 167 Å². The second kappa shape index (κ2) is 10.5. The maximum Gasteiger partial charge on any atom is 0.202 e. The van der Waals surface area contributed by atoms with Crippen molar-refractivity contribution in [3.8, 4) is 27.9 Å². The molecule has 0 amide bonds. The third-order valence-electron chi connectivity index (χ3n) is 10.4. The minimum atomic E-state index is 0.632. The summed E-state index contributed by atoms with van der Waals surface area (Å²) in [4.78, 5) is 4.16. The van der Waals surface area contributed by atoms with Gasteiger partial charge in [-0.1, -0.05) is 115 Å². The molecule has 0 spiro atoms. The summed E-state index contributed by atoms with van der Waals surface area (Å²) in [6, 6.07) is 54.4. The van der Waals surface area contributed by atoms with Gasteiger partial charge in [0.1, 0.15) is 22.3 Å². The molecule has 0 N–H and O–H groups in total. The average molecular weight is 651 g/mol. The molecule has 4 nitrogen and oxygen atoms in total. The minimum absolute atomic E-state index is 0.632. The highest BCUT2D eigenvalue weighted by Crippen LogP contribution is 2.50. The van der Waals surface area contributed by atoms with E-state index in [1.807, 2.05) is 54.6 Å². The fourth-order valence-corrected chi connectivity index (χ4v) is 8.28. The smallest absolute Gasteiger partial charge is 0.202 e. The molecule has 0 fully saturated rings. The lowest BCUT2D eigenvalue weighted by Crippen LogP contribution is -1.97. The van der Waals surface area contributed by atoms with Crippen molar-refractivity contribution in [1.29, 1.82) is 0 Å². The molecular weight excluding hydrogens is 625 g/mol. The van der Waals surface area contributed by atoms with Crippen LogP contribution in [0.5, 0.6) is 0 Å². The van der Waals surface area contributed by atoms with Gasteiger partial charge in [0.05, 0.1) is 23.0 Å². The van der Waals surface area contributed by atoms with Gasteiger partial charge in [0.2, 0.25) is 5.69 Å². The largest absolute Gasteiger partial charge is 0.456 e. The Morgan fingerprint density at radius 1 is 0.451 bits per heavy atom. The molecular formula is C47H26N2O2. The quantitative estimate of drug-likeness (QED) is 0.178. The maximum atomic E-state index is 8.41. The zero-order valence-electron chi connectivity index (χ0n) is 27.2. The van der Waals surface area contributed by atoms with Crippen LogP contribution in [-0.4, -0.2) is 4.57 Å². The van der Waals surface area contributed by atoms with E-state index in [-0.39, 0.29) is 0 Å². The molecule has 8 aromatic carbocycles. The van der Waals surface area contributed by atoms with E-state index in [1.54, 1.807) is 0 Å². The molecule has 11 rings (SSSR count). The van der Waals surface area contributed by atoms with Crippen molar-refractivity contribution in [3.63, 3.8) is 0 Å². The monoisotopic (exact) mass is 650 g/mol. The van der Waals surface area contributed by atoms with Gasteiger partial charge in [-0.3, -0.25) is 0 Å². The SMILES string of the molecule is [C-]#[N+]c1c(-c2ccccc2)cc(-n2c3ccccc3c3c4oc5ccccc5c4c4c(ccc5oc6ccccc6c54)c32)cc1-c1ccccc1. The molecule has 0 saturated carbocycles. The number of nitrogens with zero attached hydrogens (tertiary/aromatic N) is 2. The van der Waals surface area contributed by atoms with E-state index in [9.17, 15) is 0 Å². The Balaban J connectivity index is 1.40. The van der Waals surface area contributed by atoms with E-state index in [2.05, 4.69) is 113 Å². The van der Waals surface area contributed by atoms with Crippen molar-refractivity contribution in [2.45, 2.75) is 0 Å². The van der Waals surface area contributed by atoms with Gasteiger partial charge in [0.25, 0.3) is 0 Å². The Morgan fingerprint density at radius 2 is 1.02 bits per heavy atom. The lowest BCUT2D eigenvalue weighted by molar-refractivity contribution is 0.669. The normalized spacial score (nSPS) is 11.9. The maximum absolute atomic E-state index is 8.41. The molecule has 0 aliphatic heterocycles. The molecule has 3 heterocycles. The Labute approximate surface area is 291 Å². The van der Waals surface area contributed by atoms with Crippen LogP contribution in [0, 0.1) is 6.57 Å². The topological polar surface area (TPSA) is 35.6 Å². The standard InChI is InChI=1S/C47H26N2O2/c1-48-45-35(28-14-4-2-5-15-28)26-30(27-36(45)29-16-6-3-7-17-29)49-37-21-11-8-18-31(37)44-46(49)34-24-25-40-41(32-19-9-12-22-38(32)50-40)42(34)43-33-20-10-13-23-39(33)51-47(43)44/h2-27H. The lowest BCUT2D eigenvalue weighted by Gasteiger charge is -2.17. The summed E-state index contributed by atoms with van der Waals surface area (Å²) in [6.07, 6.45) is 0.